The highest BCUT2D eigenvalue weighted by Crippen LogP contribution is 2.35. The molecule has 35 heavy (non-hydrogen) atoms. The number of aliphatic carboxylic acids is 1. The number of hydrogen-bond donors (Lipinski definition) is 2. The lowest BCUT2D eigenvalue weighted by atomic mass is 9.79. The van der Waals surface area contributed by atoms with E-state index in [0.29, 0.717) is 12.3 Å². The number of nitrogens with zero attached hydrogens (tertiary/aromatic N) is 3. The Balaban J connectivity index is 1.32. The Morgan fingerprint density at radius 3 is 2.94 bits per heavy atom. The summed E-state index contributed by atoms with van der Waals surface area (Å²) in [6.45, 7) is 2.77. The fourth-order valence-corrected chi connectivity index (χ4v) is 6.65. The van der Waals surface area contributed by atoms with Crippen LogP contribution in [0, 0.1) is 11.8 Å². The molecule has 2 N–H and O–H groups in total. The quantitative estimate of drug-likeness (QED) is 0.254. The van der Waals surface area contributed by atoms with Gasteiger partial charge in [-0.05, 0) is 80.4 Å². The molecule has 7 nitrogen and oxygen atoms in total. The van der Waals surface area contributed by atoms with Crippen molar-refractivity contribution in [3.63, 3.8) is 0 Å². The number of aromatic nitrogens is 2. The Morgan fingerprint density at radius 2 is 2.17 bits per heavy atom. The number of aliphatic hydroxyl groups is 1. The van der Waals surface area contributed by atoms with Crippen molar-refractivity contribution in [2.75, 3.05) is 32.5 Å². The number of aliphatic hydroxyl groups excluding tert-OH is 1. The molecule has 188 valence electrons. The van der Waals surface area contributed by atoms with Gasteiger partial charge in [0.2, 0.25) is 0 Å². The fourth-order valence-electron chi connectivity index (χ4n) is 5.02. The van der Waals surface area contributed by atoms with Crippen LogP contribution in [-0.2, 0) is 4.79 Å². The molecule has 1 aliphatic rings. The van der Waals surface area contributed by atoms with Gasteiger partial charge in [0.05, 0.1) is 18.7 Å². The second-order valence-electron chi connectivity index (χ2n) is 9.08. The number of piperidine rings is 1. The number of benzene rings is 1. The zero-order chi connectivity index (χ0) is 24.6. The summed E-state index contributed by atoms with van der Waals surface area (Å²) in [6, 6.07) is 7.55. The monoisotopic (exact) mass is 515 g/mol. The lowest BCUT2D eigenvalue weighted by molar-refractivity contribution is -0.139. The molecule has 0 unspecified atom stereocenters. The number of pyridine rings is 1. The maximum atomic E-state index is 11.6. The van der Waals surface area contributed by atoms with Gasteiger partial charge in [-0.2, -0.15) is 0 Å². The summed E-state index contributed by atoms with van der Waals surface area (Å²) in [6.07, 6.45) is 6.55. The van der Waals surface area contributed by atoms with Gasteiger partial charge in [-0.1, -0.05) is 11.8 Å². The molecule has 0 bridgehead atoms. The molecule has 0 spiro atoms. The first-order valence-electron chi connectivity index (χ1n) is 12.1. The fraction of sp³-hybridized carbons (Fsp3) is 0.500. The van der Waals surface area contributed by atoms with Crippen molar-refractivity contribution in [2.24, 2.45) is 11.8 Å². The number of methoxy groups -OCH3 is 1. The van der Waals surface area contributed by atoms with Crippen LogP contribution in [0.5, 0.6) is 5.75 Å². The number of carboxylic acids is 1. The first-order valence-corrected chi connectivity index (χ1v) is 14.0. The van der Waals surface area contributed by atoms with Gasteiger partial charge in [0.25, 0.3) is 0 Å². The number of carboxylic acid groups (broad SMARTS) is 1. The predicted molar refractivity (Wildman–Crippen MR) is 140 cm³/mol. The Kier molecular flexibility index (Phi) is 9.37. The van der Waals surface area contributed by atoms with Crippen LogP contribution in [0.1, 0.15) is 43.8 Å². The molecular weight excluding hydrogens is 482 g/mol. The van der Waals surface area contributed by atoms with Gasteiger partial charge in [-0.3, -0.25) is 9.78 Å². The van der Waals surface area contributed by atoms with Crippen LogP contribution in [0.25, 0.3) is 10.9 Å². The smallest absolute Gasteiger partial charge is 0.303 e. The summed E-state index contributed by atoms with van der Waals surface area (Å²) >= 11 is 3.45. The largest absolute Gasteiger partial charge is 0.497 e. The molecule has 1 saturated heterocycles. The zero-order valence-corrected chi connectivity index (χ0v) is 21.6. The van der Waals surface area contributed by atoms with Crippen LogP contribution in [0.2, 0.25) is 0 Å². The van der Waals surface area contributed by atoms with Crippen molar-refractivity contribution in [1.29, 1.82) is 0 Å². The summed E-state index contributed by atoms with van der Waals surface area (Å²) in [4.78, 5) is 22.7. The molecule has 1 aromatic carbocycles. The second kappa shape index (κ2) is 12.7. The van der Waals surface area contributed by atoms with Gasteiger partial charge in [0.15, 0.2) is 0 Å². The summed E-state index contributed by atoms with van der Waals surface area (Å²) in [5, 5.41) is 23.5. The van der Waals surface area contributed by atoms with Crippen LogP contribution in [0.3, 0.4) is 0 Å². The van der Waals surface area contributed by atoms with E-state index in [9.17, 15) is 15.0 Å². The molecule has 2 aromatic heterocycles. The molecule has 3 heterocycles. The highest BCUT2D eigenvalue weighted by molar-refractivity contribution is 8.00. The number of thioether (sulfide) groups is 1. The number of rotatable bonds is 12. The third-order valence-electron chi connectivity index (χ3n) is 6.82. The maximum absolute atomic E-state index is 11.6. The topological polar surface area (TPSA) is 95.8 Å². The third kappa shape index (κ3) is 7.16. The van der Waals surface area contributed by atoms with Crippen molar-refractivity contribution < 1.29 is 19.7 Å². The van der Waals surface area contributed by atoms with E-state index < -0.39 is 12.1 Å². The number of thiazole rings is 1. The van der Waals surface area contributed by atoms with Crippen molar-refractivity contribution in [1.82, 2.24) is 14.9 Å². The standard InChI is InChI=1S/C26H33N3O4S2/c1-33-20-4-5-23-22(16-20)21(7-9-27-23)24(30)6-3-18-8-12-29(17-19(18)15-25(31)32)11-2-13-34-26-28-10-14-35-26/h4-5,7,9-10,14,16,18-19,24,30H,2-3,6,8,11-13,15,17H2,1H3,(H,31,32)/t18-,19+,24+/m1/s1. The molecule has 3 atom stereocenters. The van der Waals surface area contributed by atoms with Crippen LogP contribution >= 0.6 is 23.1 Å². The van der Waals surface area contributed by atoms with E-state index in [-0.39, 0.29) is 12.3 Å². The molecule has 0 amide bonds. The SMILES string of the molecule is COc1ccc2nccc([C@@H](O)CC[C@@H]3CCN(CCCSc4nccs4)C[C@@H]3CC(=O)O)c2c1. The lowest BCUT2D eigenvalue weighted by Gasteiger charge is -2.38. The average Bonchev–Trinajstić information content (AvgIpc) is 3.38. The molecule has 4 rings (SSSR count). The molecular formula is C26H33N3O4S2. The second-order valence-corrected chi connectivity index (χ2v) is 11.3. The maximum Gasteiger partial charge on any atom is 0.303 e. The van der Waals surface area contributed by atoms with E-state index in [2.05, 4.69) is 14.9 Å². The van der Waals surface area contributed by atoms with Crippen molar-refractivity contribution in [2.45, 2.75) is 42.5 Å². The molecule has 0 aliphatic carbocycles. The molecule has 3 aromatic rings. The number of fused-ring (bicyclic) bond motifs is 1. The summed E-state index contributed by atoms with van der Waals surface area (Å²) < 4.78 is 6.46. The Labute approximate surface area is 214 Å². The number of ether oxygens (including phenoxy) is 1. The Morgan fingerprint density at radius 1 is 1.29 bits per heavy atom. The minimum absolute atomic E-state index is 0.106. The van der Waals surface area contributed by atoms with Crippen LogP contribution in [0.15, 0.2) is 46.4 Å². The molecule has 0 saturated carbocycles. The van der Waals surface area contributed by atoms with Gasteiger partial charge in [-0.25, -0.2) is 4.98 Å². The van der Waals surface area contributed by atoms with Crippen molar-refractivity contribution in [3.8, 4) is 5.75 Å². The summed E-state index contributed by atoms with van der Waals surface area (Å²) in [5.41, 5.74) is 1.67. The van der Waals surface area contributed by atoms with Crippen molar-refractivity contribution >= 4 is 40.0 Å². The first-order chi connectivity index (χ1) is 17.0. The van der Waals surface area contributed by atoms with Crippen molar-refractivity contribution in [3.05, 3.63) is 47.6 Å². The highest BCUT2D eigenvalue weighted by Gasteiger charge is 2.31. The van der Waals surface area contributed by atoms with Gasteiger partial charge in [0, 0.05) is 41.9 Å². The molecule has 1 fully saturated rings. The minimum Gasteiger partial charge on any atom is -0.497 e. The number of carbonyl (C=O) groups is 1. The lowest BCUT2D eigenvalue weighted by Crippen LogP contribution is -2.42. The number of hydrogen-bond acceptors (Lipinski definition) is 8. The first kappa shape index (κ1) is 25.9. The van der Waals surface area contributed by atoms with E-state index in [0.717, 1.165) is 71.2 Å². The van der Waals surface area contributed by atoms with Gasteiger partial charge in [0.1, 0.15) is 10.1 Å². The highest BCUT2D eigenvalue weighted by atomic mass is 32.2. The molecule has 1 aliphatic heterocycles. The summed E-state index contributed by atoms with van der Waals surface area (Å²) in [5.74, 6) is 1.42. The predicted octanol–water partition coefficient (Wildman–Crippen LogP) is 5.11. The molecule has 0 radical (unpaired) electrons. The van der Waals surface area contributed by atoms with Crippen LogP contribution < -0.4 is 4.74 Å². The van der Waals surface area contributed by atoms with Crippen LogP contribution in [-0.4, -0.2) is 63.5 Å². The zero-order valence-electron chi connectivity index (χ0n) is 20.0. The van der Waals surface area contributed by atoms with E-state index in [1.54, 1.807) is 36.4 Å². The van der Waals surface area contributed by atoms with Gasteiger partial charge in [-0.15, -0.1) is 11.3 Å². The van der Waals surface area contributed by atoms with E-state index in [1.807, 2.05) is 35.8 Å². The normalized spacial score (nSPS) is 19.6. The van der Waals surface area contributed by atoms with E-state index in [4.69, 9.17) is 4.74 Å². The Hall–Kier alpha value is -2.20. The van der Waals surface area contributed by atoms with E-state index in [1.165, 1.54) is 0 Å². The summed E-state index contributed by atoms with van der Waals surface area (Å²) in [7, 11) is 1.63. The van der Waals surface area contributed by atoms with Gasteiger partial charge < -0.3 is 19.8 Å². The van der Waals surface area contributed by atoms with Crippen LogP contribution in [0.4, 0.5) is 0 Å². The Bertz CT molecular complexity index is 1100. The van der Waals surface area contributed by atoms with Gasteiger partial charge >= 0.3 is 5.97 Å². The van der Waals surface area contributed by atoms with E-state index >= 15 is 0 Å². The average molecular weight is 516 g/mol. The minimum atomic E-state index is -0.742. The third-order valence-corrected chi connectivity index (χ3v) is 8.87. The number of likely N-dealkylation sites (tertiary alicyclic amines) is 1. The molecule has 9 heteroatoms.